The summed E-state index contributed by atoms with van der Waals surface area (Å²) in [6, 6.07) is 0. The van der Waals surface area contributed by atoms with Crippen molar-refractivity contribution in [3.8, 4) is 0 Å². The van der Waals surface area contributed by atoms with Crippen LogP contribution in [0.3, 0.4) is 0 Å². The monoisotopic (exact) mass is 184 g/mol. The van der Waals surface area contributed by atoms with Crippen molar-refractivity contribution in [1.82, 2.24) is 9.78 Å². The second kappa shape index (κ2) is 4.04. The molecule has 0 aromatic carbocycles. The standard InChI is InChI=1S/C8H12N2O3/c1-2-7-6(8(12)13)5-9-10(7)3-4-11/h5,11H,2-4H2,1H3,(H,12,13). The highest BCUT2D eigenvalue weighted by Crippen LogP contribution is 2.08. The first-order valence-corrected chi connectivity index (χ1v) is 4.09. The van der Waals surface area contributed by atoms with Gasteiger partial charge in [0.1, 0.15) is 5.56 Å². The number of hydrogen-bond donors (Lipinski definition) is 2. The van der Waals surface area contributed by atoms with Crippen LogP contribution in [0.4, 0.5) is 0 Å². The highest BCUT2D eigenvalue weighted by Gasteiger charge is 2.14. The smallest absolute Gasteiger partial charge is 0.339 e. The fourth-order valence-electron chi connectivity index (χ4n) is 1.25. The van der Waals surface area contributed by atoms with Crippen LogP contribution in [0.2, 0.25) is 0 Å². The van der Waals surface area contributed by atoms with Crippen molar-refractivity contribution in [2.75, 3.05) is 6.61 Å². The zero-order valence-electron chi connectivity index (χ0n) is 7.40. The molecule has 0 fully saturated rings. The fraction of sp³-hybridized carbons (Fsp3) is 0.500. The molecule has 1 aromatic rings. The lowest BCUT2D eigenvalue weighted by Gasteiger charge is -2.03. The van der Waals surface area contributed by atoms with Crippen molar-refractivity contribution in [3.63, 3.8) is 0 Å². The van der Waals surface area contributed by atoms with Crippen LogP contribution < -0.4 is 0 Å². The van der Waals surface area contributed by atoms with Crippen molar-refractivity contribution in [3.05, 3.63) is 17.5 Å². The molecular weight excluding hydrogens is 172 g/mol. The van der Waals surface area contributed by atoms with E-state index in [-0.39, 0.29) is 12.2 Å². The number of aromatic carboxylic acids is 1. The maximum atomic E-state index is 10.7. The maximum Gasteiger partial charge on any atom is 0.339 e. The summed E-state index contributed by atoms with van der Waals surface area (Å²) in [5, 5.41) is 21.3. The number of carbonyl (C=O) groups is 1. The van der Waals surface area contributed by atoms with Gasteiger partial charge in [0.15, 0.2) is 0 Å². The molecule has 1 aromatic heterocycles. The van der Waals surface area contributed by atoms with Crippen LogP contribution in [0.25, 0.3) is 0 Å². The SMILES string of the molecule is CCc1c(C(=O)O)cnn1CCO. The lowest BCUT2D eigenvalue weighted by atomic mass is 10.2. The molecule has 0 amide bonds. The Labute approximate surface area is 75.6 Å². The van der Waals surface area contributed by atoms with Crippen molar-refractivity contribution in [1.29, 1.82) is 0 Å². The molecule has 0 spiro atoms. The van der Waals surface area contributed by atoms with Gasteiger partial charge in [-0.25, -0.2) is 4.79 Å². The van der Waals surface area contributed by atoms with E-state index in [4.69, 9.17) is 10.2 Å². The number of carboxylic acids is 1. The predicted molar refractivity (Wildman–Crippen MR) is 45.7 cm³/mol. The van der Waals surface area contributed by atoms with Gasteiger partial charge in [0.05, 0.1) is 25.0 Å². The van der Waals surface area contributed by atoms with Crippen molar-refractivity contribution >= 4 is 5.97 Å². The van der Waals surface area contributed by atoms with Gasteiger partial charge >= 0.3 is 5.97 Å². The first kappa shape index (κ1) is 9.73. The summed E-state index contributed by atoms with van der Waals surface area (Å²) in [6.07, 6.45) is 1.92. The summed E-state index contributed by atoms with van der Waals surface area (Å²) < 4.78 is 1.52. The van der Waals surface area contributed by atoms with Gasteiger partial charge in [0.25, 0.3) is 0 Å². The third kappa shape index (κ3) is 1.86. The Bertz CT molecular complexity index is 306. The zero-order valence-corrected chi connectivity index (χ0v) is 7.40. The molecule has 2 N–H and O–H groups in total. The molecule has 0 radical (unpaired) electrons. The molecule has 0 aliphatic carbocycles. The average Bonchev–Trinajstić information content (AvgIpc) is 2.48. The molecule has 13 heavy (non-hydrogen) atoms. The summed E-state index contributed by atoms with van der Waals surface area (Å²) in [7, 11) is 0. The lowest BCUT2D eigenvalue weighted by molar-refractivity contribution is 0.0695. The minimum atomic E-state index is -0.971. The number of aliphatic hydroxyl groups is 1. The molecule has 5 heteroatoms. The number of aliphatic hydroxyl groups excluding tert-OH is 1. The van der Waals surface area contributed by atoms with E-state index < -0.39 is 5.97 Å². The Morgan fingerprint density at radius 1 is 1.69 bits per heavy atom. The van der Waals surface area contributed by atoms with Gasteiger partial charge in [-0.2, -0.15) is 5.10 Å². The van der Waals surface area contributed by atoms with E-state index in [1.165, 1.54) is 10.9 Å². The van der Waals surface area contributed by atoms with Gasteiger partial charge in [-0.3, -0.25) is 4.68 Å². The minimum Gasteiger partial charge on any atom is -0.478 e. The van der Waals surface area contributed by atoms with E-state index in [9.17, 15) is 4.79 Å². The predicted octanol–water partition coefficient (Wildman–Crippen LogP) is 0.136. The summed E-state index contributed by atoms with van der Waals surface area (Å²) in [5.74, 6) is -0.971. The fourth-order valence-corrected chi connectivity index (χ4v) is 1.25. The Morgan fingerprint density at radius 3 is 2.85 bits per heavy atom. The largest absolute Gasteiger partial charge is 0.478 e. The number of carboxylic acid groups (broad SMARTS) is 1. The van der Waals surface area contributed by atoms with Gasteiger partial charge in [0.2, 0.25) is 0 Å². The molecule has 0 atom stereocenters. The normalized spacial score (nSPS) is 10.3. The van der Waals surface area contributed by atoms with Crippen LogP contribution in [0.5, 0.6) is 0 Å². The molecule has 0 saturated carbocycles. The quantitative estimate of drug-likeness (QED) is 0.697. The third-order valence-corrected chi connectivity index (χ3v) is 1.83. The Hall–Kier alpha value is -1.36. The van der Waals surface area contributed by atoms with E-state index in [1.807, 2.05) is 6.92 Å². The molecule has 0 unspecified atom stereocenters. The van der Waals surface area contributed by atoms with E-state index in [2.05, 4.69) is 5.10 Å². The van der Waals surface area contributed by atoms with E-state index >= 15 is 0 Å². The van der Waals surface area contributed by atoms with Crippen LogP contribution in [-0.4, -0.2) is 32.6 Å². The molecule has 0 bridgehead atoms. The van der Waals surface area contributed by atoms with Gasteiger partial charge in [-0.15, -0.1) is 0 Å². The minimum absolute atomic E-state index is 0.0340. The van der Waals surface area contributed by atoms with Gasteiger partial charge in [0, 0.05) is 0 Å². The van der Waals surface area contributed by atoms with Crippen LogP contribution in [-0.2, 0) is 13.0 Å². The van der Waals surface area contributed by atoms with Crippen LogP contribution in [0, 0.1) is 0 Å². The van der Waals surface area contributed by atoms with E-state index in [0.29, 0.717) is 18.7 Å². The Kier molecular flexibility index (Phi) is 3.02. The van der Waals surface area contributed by atoms with Crippen molar-refractivity contribution in [2.24, 2.45) is 0 Å². The second-order valence-corrected chi connectivity index (χ2v) is 2.61. The number of hydrogen-bond acceptors (Lipinski definition) is 3. The summed E-state index contributed by atoms with van der Waals surface area (Å²) in [5.41, 5.74) is 0.873. The first-order valence-electron chi connectivity index (χ1n) is 4.09. The van der Waals surface area contributed by atoms with E-state index in [0.717, 1.165) is 0 Å². The molecule has 5 nitrogen and oxygen atoms in total. The average molecular weight is 184 g/mol. The molecule has 0 saturated heterocycles. The lowest BCUT2D eigenvalue weighted by Crippen LogP contribution is -2.09. The van der Waals surface area contributed by atoms with Crippen molar-refractivity contribution < 1.29 is 15.0 Å². The molecule has 0 aliphatic heterocycles. The van der Waals surface area contributed by atoms with Crippen molar-refractivity contribution in [2.45, 2.75) is 19.9 Å². The topological polar surface area (TPSA) is 75.3 Å². The number of aromatic nitrogens is 2. The second-order valence-electron chi connectivity index (χ2n) is 2.61. The molecule has 0 aliphatic rings. The van der Waals surface area contributed by atoms with Crippen LogP contribution in [0.15, 0.2) is 6.20 Å². The molecule has 72 valence electrons. The number of nitrogens with zero attached hydrogens (tertiary/aromatic N) is 2. The number of rotatable bonds is 4. The van der Waals surface area contributed by atoms with E-state index in [1.54, 1.807) is 0 Å². The van der Waals surface area contributed by atoms with Gasteiger partial charge in [-0.05, 0) is 6.42 Å². The molecule has 1 heterocycles. The summed E-state index contributed by atoms with van der Waals surface area (Å²) in [6.45, 7) is 2.17. The van der Waals surface area contributed by atoms with Gasteiger partial charge in [-0.1, -0.05) is 6.92 Å². The zero-order chi connectivity index (χ0) is 9.84. The highest BCUT2D eigenvalue weighted by molar-refractivity contribution is 5.88. The first-order chi connectivity index (χ1) is 6.20. The third-order valence-electron chi connectivity index (χ3n) is 1.83. The Morgan fingerprint density at radius 2 is 2.38 bits per heavy atom. The van der Waals surface area contributed by atoms with Gasteiger partial charge < -0.3 is 10.2 Å². The highest BCUT2D eigenvalue weighted by atomic mass is 16.4. The Balaban J connectivity index is 3.03. The molecular formula is C8H12N2O3. The maximum absolute atomic E-state index is 10.7. The van der Waals surface area contributed by atoms with Crippen LogP contribution >= 0.6 is 0 Å². The summed E-state index contributed by atoms with van der Waals surface area (Å²) >= 11 is 0. The molecule has 1 rings (SSSR count). The summed E-state index contributed by atoms with van der Waals surface area (Å²) in [4.78, 5) is 10.7. The van der Waals surface area contributed by atoms with Crippen LogP contribution in [0.1, 0.15) is 23.0 Å².